The van der Waals surface area contributed by atoms with Gasteiger partial charge in [-0.05, 0) is 46.3 Å². The normalized spacial score (nSPS) is 11.2. The highest BCUT2D eigenvalue weighted by Crippen LogP contribution is 2.28. The number of aromatic nitrogens is 2. The van der Waals surface area contributed by atoms with Crippen LogP contribution >= 0.6 is 27.5 Å². The molecule has 6 heteroatoms. The molecule has 0 spiro atoms. The molecule has 0 saturated carbocycles. The molecule has 3 aromatic rings. The maximum atomic E-state index is 13.3. The van der Waals surface area contributed by atoms with E-state index in [4.69, 9.17) is 11.6 Å². The predicted octanol–water partition coefficient (Wildman–Crippen LogP) is 4.81. The Kier molecular flexibility index (Phi) is 3.48. The van der Waals surface area contributed by atoms with Gasteiger partial charge >= 0.3 is 0 Å². The Hall–Kier alpha value is -1.46. The molecule has 1 aromatic heterocycles. The average molecular weight is 358 g/mol. The summed E-state index contributed by atoms with van der Waals surface area (Å²) in [7, 11) is 0. The fourth-order valence-electron chi connectivity index (χ4n) is 2.12. The molecule has 0 aliphatic rings. The quantitative estimate of drug-likeness (QED) is 0.602. The van der Waals surface area contributed by atoms with Crippen molar-refractivity contribution in [2.45, 2.75) is 5.88 Å². The van der Waals surface area contributed by atoms with E-state index in [9.17, 15) is 8.78 Å². The van der Waals surface area contributed by atoms with Gasteiger partial charge in [-0.15, -0.1) is 11.6 Å². The zero-order valence-electron chi connectivity index (χ0n) is 10.1. The Morgan fingerprint density at radius 2 is 1.80 bits per heavy atom. The van der Waals surface area contributed by atoms with Gasteiger partial charge in [0.1, 0.15) is 17.5 Å². The molecule has 0 N–H and O–H groups in total. The van der Waals surface area contributed by atoms with Crippen molar-refractivity contribution in [2.24, 2.45) is 0 Å². The second-order valence-corrected chi connectivity index (χ2v) is 5.35. The Morgan fingerprint density at radius 1 is 1.10 bits per heavy atom. The smallest absolute Gasteiger partial charge is 0.129 e. The molecular formula is C14H8BrClF2N2. The summed E-state index contributed by atoms with van der Waals surface area (Å²) in [5.74, 6) is 0.0321. The first-order chi connectivity index (χ1) is 9.60. The van der Waals surface area contributed by atoms with Crippen molar-refractivity contribution in [3.8, 4) is 5.69 Å². The van der Waals surface area contributed by atoms with Gasteiger partial charge in [-0.2, -0.15) is 0 Å². The minimum absolute atomic E-state index is 0.167. The van der Waals surface area contributed by atoms with Crippen LogP contribution in [0.3, 0.4) is 0 Å². The lowest BCUT2D eigenvalue weighted by molar-refractivity contribution is 0.626. The monoisotopic (exact) mass is 356 g/mol. The van der Waals surface area contributed by atoms with Crippen LogP contribution in [0.2, 0.25) is 0 Å². The van der Waals surface area contributed by atoms with Gasteiger partial charge < -0.3 is 0 Å². The molecule has 0 aliphatic carbocycles. The number of halogens is 4. The molecule has 2 aromatic carbocycles. The van der Waals surface area contributed by atoms with Crippen molar-refractivity contribution in [3.05, 3.63) is 58.3 Å². The highest BCUT2D eigenvalue weighted by Gasteiger charge is 2.14. The molecule has 0 aliphatic heterocycles. The third-order valence-corrected chi connectivity index (χ3v) is 3.83. The summed E-state index contributed by atoms with van der Waals surface area (Å²) >= 11 is 9.24. The lowest BCUT2D eigenvalue weighted by Gasteiger charge is -2.10. The van der Waals surface area contributed by atoms with Gasteiger partial charge in [0.2, 0.25) is 0 Å². The standard InChI is InChI=1S/C14H8BrClF2N2/c15-10-5-8(17)1-3-12(10)20-13-4-2-9(18)6-11(13)19-14(20)7-16/h1-6H,7H2. The second kappa shape index (κ2) is 5.14. The zero-order valence-corrected chi connectivity index (χ0v) is 12.4. The average Bonchev–Trinajstić information content (AvgIpc) is 2.76. The third-order valence-electron chi connectivity index (χ3n) is 2.96. The van der Waals surface area contributed by atoms with Crippen LogP contribution in [0.25, 0.3) is 16.7 Å². The number of nitrogens with zero attached hydrogens (tertiary/aromatic N) is 2. The maximum Gasteiger partial charge on any atom is 0.129 e. The Labute approximate surface area is 127 Å². The Morgan fingerprint density at radius 3 is 2.50 bits per heavy atom. The highest BCUT2D eigenvalue weighted by molar-refractivity contribution is 9.10. The van der Waals surface area contributed by atoms with E-state index in [1.54, 1.807) is 16.7 Å². The largest absolute Gasteiger partial charge is 0.294 e. The van der Waals surface area contributed by atoms with Crippen molar-refractivity contribution < 1.29 is 8.78 Å². The van der Waals surface area contributed by atoms with Gasteiger partial charge in [-0.3, -0.25) is 4.57 Å². The van der Waals surface area contributed by atoms with Gasteiger partial charge in [0.15, 0.2) is 0 Å². The van der Waals surface area contributed by atoms with Crippen molar-refractivity contribution in [1.29, 1.82) is 0 Å². The van der Waals surface area contributed by atoms with Crippen LogP contribution in [0.4, 0.5) is 8.78 Å². The number of benzene rings is 2. The maximum absolute atomic E-state index is 13.3. The van der Waals surface area contributed by atoms with Gasteiger partial charge in [0.05, 0.1) is 22.6 Å². The molecule has 20 heavy (non-hydrogen) atoms. The van der Waals surface area contributed by atoms with Crippen LogP contribution in [0.5, 0.6) is 0 Å². The van der Waals surface area contributed by atoms with Crippen LogP contribution < -0.4 is 0 Å². The van der Waals surface area contributed by atoms with Crippen LogP contribution in [0.15, 0.2) is 40.9 Å². The van der Waals surface area contributed by atoms with Crippen molar-refractivity contribution in [2.75, 3.05) is 0 Å². The lowest BCUT2D eigenvalue weighted by Crippen LogP contribution is -2.00. The van der Waals surface area contributed by atoms with E-state index in [0.717, 1.165) is 0 Å². The van der Waals surface area contributed by atoms with Crippen molar-refractivity contribution in [1.82, 2.24) is 9.55 Å². The molecule has 0 radical (unpaired) electrons. The molecule has 0 saturated heterocycles. The third kappa shape index (κ3) is 2.21. The molecule has 0 bridgehead atoms. The summed E-state index contributed by atoms with van der Waals surface area (Å²) in [5, 5.41) is 0. The molecule has 0 unspecified atom stereocenters. The summed E-state index contributed by atoms with van der Waals surface area (Å²) in [5.41, 5.74) is 1.93. The number of hydrogen-bond acceptors (Lipinski definition) is 1. The summed E-state index contributed by atoms with van der Waals surface area (Å²) in [6, 6.07) is 8.68. The fourth-order valence-corrected chi connectivity index (χ4v) is 2.83. The molecule has 1 heterocycles. The van der Waals surface area contributed by atoms with E-state index in [-0.39, 0.29) is 17.5 Å². The van der Waals surface area contributed by atoms with E-state index >= 15 is 0 Å². The van der Waals surface area contributed by atoms with E-state index in [1.807, 2.05) is 0 Å². The Bertz CT molecular complexity index is 801. The zero-order chi connectivity index (χ0) is 14.3. The minimum Gasteiger partial charge on any atom is -0.294 e. The fraction of sp³-hybridized carbons (Fsp3) is 0.0714. The summed E-state index contributed by atoms with van der Waals surface area (Å²) in [6.07, 6.45) is 0. The Balaban J connectivity index is 2.34. The van der Waals surface area contributed by atoms with E-state index in [2.05, 4.69) is 20.9 Å². The van der Waals surface area contributed by atoms with E-state index < -0.39 is 0 Å². The van der Waals surface area contributed by atoms with Crippen LogP contribution in [0.1, 0.15) is 5.82 Å². The first-order valence-corrected chi connectivity index (χ1v) is 7.11. The molecule has 102 valence electrons. The first kappa shape index (κ1) is 13.5. The summed E-state index contributed by atoms with van der Waals surface area (Å²) in [6.45, 7) is 0. The summed E-state index contributed by atoms with van der Waals surface area (Å²) < 4.78 is 28.8. The molecule has 2 nitrogen and oxygen atoms in total. The van der Waals surface area contributed by atoms with Crippen molar-refractivity contribution >= 4 is 38.6 Å². The van der Waals surface area contributed by atoms with E-state index in [0.29, 0.717) is 27.0 Å². The molecular weight excluding hydrogens is 350 g/mol. The van der Waals surface area contributed by atoms with Crippen LogP contribution in [0, 0.1) is 11.6 Å². The number of hydrogen-bond donors (Lipinski definition) is 0. The number of alkyl halides is 1. The first-order valence-electron chi connectivity index (χ1n) is 5.78. The number of fused-ring (bicyclic) bond motifs is 1. The molecule has 0 atom stereocenters. The number of rotatable bonds is 2. The van der Waals surface area contributed by atoms with Gasteiger partial charge in [-0.25, -0.2) is 13.8 Å². The van der Waals surface area contributed by atoms with Gasteiger partial charge in [0, 0.05) is 10.5 Å². The molecule has 0 amide bonds. The topological polar surface area (TPSA) is 17.8 Å². The van der Waals surface area contributed by atoms with Crippen LogP contribution in [-0.4, -0.2) is 9.55 Å². The molecule has 0 fully saturated rings. The minimum atomic E-state index is -0.360. The molecule has 3 rings (SSSR count). The van der Waals surface area contributed by atoms with E-state index in [1.165, 1.54) is 24.3 Å². The lowest BCUT2D eigenvalue weighted by atomic mass is 10.2. The van der Waals surface area contributed by atoms with Gasteiger partial charge in [-0.1, -0.05) is 0 Å². The van der Waals surface area contributed by atoms with Crippen molar-refractivity contribution in [3.63, 3.8) is 0 Å². The number of imidazole rings is 1. The highest BCUT2D eigenvalue weighted by atomic mass is 79.9. The summed E-state index contributed by atoms with van der Waals surface area (Å²) in [4.78, 5) is 4.31. The predicted molar refractivity (Wildman–Crippen MR) is 78.2 cm³/mol. The van der Waals surface area contributed by atoms with Gasteiger partial charge in [0.25, 0.3) is 0 Å². The SMILES string of the molecule is Fc1ccc(-n2c(CCl)nc3cc(F)ccc32)c(Br)c1. The second-order valence-electron chi connectivity index (χ2n) is 4.23. The van der Waals surface area contributed by atoms with Crippen LogP contribution in [-0.2, 0) is 5.88 Å².